The van der Waals surface area contributed by atoms with E-state index in [4.69, 9.17) is 10.2 Å². The average molecular weight is 930 g/mol. The first-order valence-corrected chi connectivity index (χ1v) is 17.5. The third kappa shape index (κ3) is 63.4. The van der Waals surface area contributed by atoms with Gasteiger partial charge in [-0.3, -0.25) is 19.6 Å². The van der Waals surface area contributed by atoms with Gasteiger partial charge in [-0.05, 0) is 78.6 Å². The van der Waals surface area contributed by atoms with E-state index in [1.165, 1.54) is 11.1 Å². The predicted molar refractivity (Wildman–Crippen MR) is 214 cm³/mol. The Kier molecular flexibility index (Phi) is 44.8. The largest absolute Gasteiger partial charge is 2.00 e. The molecule has 2 aromatic rings. The second-order valence-corrected chi connectivity index (χ2v) is 18.3. The Balaban J connectivity index is -0.0000000687. The van der Waals surface area contributed by atoms with E-state index in [0.717, 1.165) is 0 Å². The van der Waals surface area contributed by atoms with E-state index in [9.17, 15) is 49.2 Å². The summed E-state index contributed by atoms with van der Waals surface area (Å²) < 4.78 is 0. The van der Waals surface area contributed by atoms with Gasteiger partial charge in [-0.1, -0.05) is 95.2 Å². The number of aliphatic carboxylic acids is 6. The minimum absolute atomic E-state index is 0. The Morgan fingerprint density at radius 1 is 0.424 bits per heavy atom. The molecule has 0 aliphatic heterocycles. The quantitative estimate of drug-likeness (QED) is 0.359. The van der Waals surface area contributed by atoms with Crippen LogP contribution in [0.3, 0.4) is 0 Å². The van der Waals surface area contributed by atoms with Gasteiger partial charge in [0.15, 0.2) is 0 Å². The van der Waals surface area contributed by atoms with Crippen LogP contribution in [0.5, 0.6) is 0 Å². The van der Waals surface area contributed by atoms with E-state index >= 15 is 0 Å². The van der Waals surface area contributed by atoms with Gasteiger partial charge in [-0.25, -0.2) is 0 Å². The summed E-state index contributed by atoms with van der Waals surface area (Å²) in [6, 6.07) is 7.89. The first kappa shape index (κ1) is 75.9. The summed E-state index contributed by atoms with van der Waals surface area (Å²) in [6.07, 6.45) is 7.21. The molecule has 59 heavy (non-hydrogen) atoms. The number of carbonyl (C=O) groups excluding carboxylic acids is 4. The van der Waals surface area contributed by atoms with E-state index in [1.807, 2.05) is 50.5 Å². The summed E-state index contributed by atoms with van der Waals surface area (Å²) in [5, 5.41) is 56.1. The van der Waals surface area contributed by atoms with Gasteiger partial charge in [-0.15, -0.1) is 0 Å². The number of pyridine rings is 2. The van der Waals surface area contributed by atoms with Gasteiger partial charge < -0.3 is 55.3 Å². The number of aryl methyl sites for hydroxylation is 2. The molecule has 0 aromatic carbocycles. The average Bonchev–Trinajstić information content (AvgIpc) is 2.97. The van der Waals surface area contributed by atoms with Gasteiger partial charge in [0.2, 0.25) is 0 Å². The smallest absolute Gasteiger partial charge is 0.550 e. The third-order valence-corrected chi connectivity index (χ3v) is 5.35. The van der Waals surface area contributed by atoms with Crippen LogP contribution in [-0.2, 0) is 61.8 Å². The first-order valence-electron chi connectivity index (χ1n) is 17.5. The molecule has 0 unspecified atom stereocenters. The van der Waals surface area contributed by atoms with Gasteiger partial charge in [0.25, 0.3) is 0 Å². The summed E-state index contributed by atoms with van der Waals surface area (Å²) in [6.45, 7) is 33.2. The summed E-state index contributed by atoms with van der Waals surface area (Å²) in [5.41, 5.74) is -1.52. The maximum absolute atomic E-state index is 10.0. The van der Waals surface area contributed by atoms with Crippen LogP contribution in [0.15, 0.2) is 49.1 Å². The van der Waals surface area contributed by atoms with Gasteiger partial charge >= 0.3 is 44.9 Å². The van der Waals surface area contributed by atoms with E-state index in [1.54, 1.807) is 137 Å². The zero-order valence-corrected chi connectivity index (χ0v) is 40.6. The molecule has 0 fully saturated rings. The molecular weight excluding hydrogens is 858 g/mol. The van der Waals surface area contributed by atoms with Crippen molar-refractivity contribution in [1.82, 2.24) is 9.97 Å². The van der Waals surface area contributed by atoms with Crippen molar-refractivity contribution in [3.8, 4) is 0 Å². The predicted octanol–water partition coefficient (Wildman–Crippen LogP) is 3.31. The Hall–Kier alpha value is -3.93. The number of carboxylic acids is 6. The van der Waals surface area contributed by atoms with Crippen molar-refractivity contribution in [2.45, 2.75) is 138 Å². The molecule has 2 heterocycles. The molecule has 0 bridgehead atoms. The number of hydrogen-bond acceptors (Lipinski definition) is 12. The molecule has 0 spiro atoms. The molecule has 0 aliphatic carbocycles. The minimum Gasteiger partial charge on any atom is -0.550 e. The molecule has 2 aromatic heterocycles. The van der Waals surface area contributed by atoms with Crippen LogP contribution < -0.4 is 20.4 Å². The van der Waals surface area contributed by atoms with Crippen molar-refractivity contribution >= 4 is 35.8 Å². The van der Waals surface area contributed by atoms with Gasteiger partial charge in [0.1, 0.15) is 0 Å². The number of aromatic nitrogens is 2. The topological polar surface area (TPSA) is 292 Å². The normalized spacial score (nSPS) is 10.1. The van der Waals surface area contributed by atoms with E-state index in [-0.39, 0.29) is 38.5 Å². The maximum Gasteiger partial charge on any atom is 2.00 e. The first-order chi connectivity index (χ1) is 24.4. The summed E-state index contributed by atoms with van der Waals surface area (Å²) in [5.74, 6) is -5.54. The van der Waals surface area contributed by atoms with Crippen molar-refractivity contribution in [1.29, 1.82) is 0 Å². The monoisotopic (exact) mass is 928 g/mol. The molecule has 0 atom stereocenters. The fourth-order valence-electron chi connectivity index (χ4n) is 0.896. The molecule has 0 radical (unpaired) electrons. The van der Waals surface area contributed by atoms with Crippen LogP contribution in [0, 0.1) is 46.3 Å². The van der Waals surface area contributed by atoms with Crippen LogP contribution in [0.1, 0.15) is 136 Å². The summed E-state index contributed by atoms with van der Waals surface area (Å²) in [7, 11) is 0. The Morgan fingerprint density at radius 2 is 0.559 bits per heavy atom. The van der Waals surface area contributed by atoms with Crippen molar-refractivity contribution in [2.24, 2.45) is 32.5 Å². The Labute approximate surface area is 373 Å². The molecule has 2 rings (SSSR count). The van der Waals surface area contributed by atoms with Crippen molar-refractivity contribution in [3.63, 3.8) is 0 Å². The molecule has 0 amide bonds. The van der Waals surface area contributed by atoms with E-state index in [0.29, 0.717) is 0 Å². The molecule has 4 N–H and O–H groups in total. The number of nitrogens with zero attached hydrogens (tertiary/aromatic N) is 2. The Morgan fingerprint density at radius 3 is 0.593 bits per heavy atom. The molecule has 0 aliphatic rings. The zero-order chi connectivity index (χ0) is 46.7. The minimum atomic E-state index is -1.01. The van der Waals surface area contributed by atoms with Gasteiger partial charge in [0, 0.05) is 70.3 Å². The second-order valence-electron chi connectivity index (χ2n) is 18.3. The van der Waals surface area contributed by atoms with Crippen molar-refractivity contribution in [3.05, 3.63) is 60.2 Å². The zero-order valence-electron chi connectivity index (χ0n) is 38.6. The second kappa shape index (κ2) is 34.9. The van der Waals surface area contributed by atoms with Crippen LogP contribution in [0.4, 0.5) is 0 Å². The fraction of sp³-hybridized carbons (Fsp3) is 0.619. The molecule has 17 heteroatoms. The molecule has 0 saturated carbocycles. The van der Waals surface area contributed by atoms with E-state index < -0.39 is 68.3 Å². The number of carbonyl (C=O) groups is 6. The van der Waals surface area contributed by atoms with Crippen LogP contribution in [0.25, 0.3) is 0 Å². The number of rotatable bonds is 0. The Bertz CT molecular complexity index is 1190. The van der Waals surface area contributed by atoms with Crippen LogP contribution >= 0.6 is 0 Å². The molecule has 15 nitrogen and oxygen atoms in total. The van der Waals surface area contributed by atoms with Gasteiger partial charge in [0.05, 0.1) is 10.8 Å². The third-order valence-electron chi connectivity index (χ3n) is 5.35. The standard InChI is InChI=1S/2C6H7N.6C5H10O2.2Ni.H2O/c2*1-6-3-2-4-7-5-6;6*1-5(2,3)4(6)7;;;/h2*2-5H,1H3;6*1-3H3,(H,6,7);;;1H2/q;;;;;;;;2*+2;/p-4. The summed E-state index contributed by atoms with van der Waals surface area (Å²) >= 11 is 0. The summed E-state index contributed by atoms with van der Waals surface area (Å²) in [4.78, 5) is 67.4. The van der Waals surface area contributed by atoms with Crippen LogP contribution in [0.2, 0.25) is 0 Å². The van der Waals surface area contributed by atoms with Gasteiger partial charge in [-0.2, -0.15) is 0 Å². The fourth-order valence-corrected chi connectivity index (χ4v) is 0.896. The number of carboxylic acid groups (broad SMARTS) is 6. The number of hydrogen-bond donors (Lipinski definition) is 2. The van der Waals surface area contributed by atoms with E-state index in [2.05, 4.69) is 9.97 Å². The van der Waals surface area contributed by atoms with Crippen LogP contribution in [-0.4, -0.2) is 61.5 Å². The molecule has 348 valence electrons. The van der Waals surface area contributed by atoms with Crippen molar-refractivity contribution < 1.29 is 97.9 Å². The maximum atomic E-state index is 10.0. The molecular formula is C42H72N2Ni2O13. The SMILES string of the molecule is CC(C)(C)C(=O)O.CC(C)(C)C(=O)O.CC(C)(C)C(=O)[O-].CC(C)(C)C(=O)[O-].CC(C)(C)C(=O)[O-].CC(C)(C)C(=O)[O-].Cc1cccnc1.Cc1cccnc1.O.[Ni+2].[Ni+2]. The molecule has 0 saturated heterocycles. The van der Waals surface area contributed by atoms with Crippen molar-refractivity contribution in [2.75, 3.05) is 0 Å².